The zero-order chi connectivity index (χ0) is 19.6. The summed E-state index contributed by atoms with van der Waals surface area (Å²) in [5.74, 6) is -0.609. The van der Waals surface area contributed by atoms with Gasteiger partial charge in [-0.05, 0) is 23.8 Å². The number of hydrogen-bond donors (Lipinski definition) is 1. The summed E-state index contributed by atoms with van der Waals surface area (Å²) in [6.45, 7) is -0.111. The van der Waals surface area contributed by atoms with Gasteiger partial charge in [-0.25, -0.2) is 9.67 Å². The van der Waals surface area contributed by atoms with Gasteiger partial charge < -0.3 is 0 Å². The third-order valence-electron chi connectivity index (χ3n) is 3.37. The van der Waals surface area contributed by atoms with Crippen molar-refractivity contribution in [2.24, 2.45) is 0 Å². The lowest BCUT2D eigenvalue weighted by Gasteiger charge is -2.04. The maximum Gasteiger partial charge on any atom is 0.435 e. The molecule has 0 saturated heterocycles. The van der Waals surface area contributed by atoms with Crippen LogP contribution in [-0.4, -0.2) is 30.5 Å². The van der Waals surface area contributed by atoms with Crippen LogP contribution in [-0.2, 0) is 24.1 Å². The average Bonchev–Trinajstić information content (AvgIpc) is 3.19. The molecule has 0 radical (unpaired) electrons. The van der Waals surface area contributed by atoms with Crippen molar-refractivity contribution in [2.75, 3.05) is 5.32 Å². The first kappa shape index (κ1) is 19.2. The van der Waals surface area contributed by atoms with Crippen molar-refractivity contribution < 1.29 is 18.0 Å². The molecule has 12 heteroatoms. The van der Waals surface area contributed by atoms with Gasteiger partial charge in [0.1, 0.15) is 12.9 Å². The van der Waals surface area contributed by atoms with E-state index in [1.54, 1.807) is 18.2 Å². The Hall–Kier alpha value is -2.59. The number of hydrogen-bond acceptors (Lipinski definition) is 4. The fraction of sp³-hybridized carbons (Fsp3) is 0.200. The molecule has 3 aromatic rings. The number of aromatic nitrogens is 5. The number of benzene rings is 1. The van der Waals surface area contributed by atoms with Gasteiger partial charge in [0.05, 0.1) is 6.54 Å². The number of carbonyl (C=O) groups excluding carboxylic acids is 1. The van der Waals surface area contributed by atoms with Crippen LogP contribution in [0.3, 0.4) is 0 Å². The van der Waals surface area contributed by atoms with E-state index in [-0.39, 0.29) is 5.95 Å². The number of nitrogens with zero attached hydrogens (tertiary/aromatic N) is 5. The van der Waals surface area contributed by atoms with Crippen LogP contribution in [0, 0.1) is 0 Å². The summed E-state index contributed by atoms with van der Waals surface area (Å²) < 4.78 is 39.8. The van der Waals surface area contributed by atoms with Crippen LogP contribution >= 0.6 is 23.2 Å². The maximum atomic E-state index is 12.5. The Labute approximate surface area is 160 Å². The molecule has 0 bridgehead atoms. The normalized spacial score (nSPS) is 11.6. The summed E-state index contributed by atoms with van der Waals surface area (Å²) in [5.41, 5.74) is -0.322. The quantitative estimate of drug-likeness (QED) is 0.687. The first-order valence-corrected chi connectivity index (χ1v) is 8.20. The van der Waals surface area contributed by atoms with Gasteiger partial charge in [-0.3, -0.25) is 14.8 Å². The number of carbonyl (C=O) groups is 1. The van der Waals surface area contributed by atoms with Gasteiger partial charge in [0.15, 0.2) is 5.69 Å². The molecule has 0 atom stereocenters. The van der Waals surface area contributed by atoms with E-state index < -0.39 is 24.3 Å². The summed E-state index contributed by atoms with van der Waals surface area (Å²) in [4.78, 5) is 15.8. The lowest BCUT2D eigenvalue weighted by atomic mass is 10.2. The lowest BCUT2D eigenvalue weighted by molar-refractivity contribution is -0.141. The number of rotatable bonds is 5. The van der Waals surface area contributed by atoms with Crippen molar-refractivity contribution >= 4 is 35.1 Å². The first-order chi connectivity index (χ1) is 12.7. The second-order valence-electron chi connectivity index (χ2n) is 5.45. The van der Waals surface area contributed by atoms with Gasteiger partial charge in [0.25, 0.3) is 0 Å². The summed E-state index contributed by atoms with van der Waals surface area (Å²) in [6.07, 6.45) is -2.11. The van der Waals surface area contributed by atoms with Crippen molar-refractivity contribution in [2.45, 2.75) is 19.3 Å². The predicted octanol–water partition coefficient (Wildman–Crippen LogP) is 3.49. The molecule has 1 aromatic carbocycles. The molecule has 0 unspecified atom stereocenters. The van der Waals surface area contributed by atoms with Gasteiger partial charge in [-0.1, -0.05) is 29.3 Å². The Morgan fingerprint density at radius 1 is 1.15 bits per heavy atom. The fourth-order valence-corrected chi connectivity index (χ4v) is 2.63. The van der Waals surface area contributed by atoms with Crippen molar-refractivity contribution in [3.05, 3.63) is 58.1 Å². The SMILES string of the molecule is O=C(Cn1ccc(C(F)(F)F)n1)Nc1ncn(Cc2ccc(Cl)cc2Cl)n1. The smallest absolute Gasteiger partial charge is 0.292 e. The second kappa shape index (κ2) is 7.57. The predicted molar refractivity (Wildman–Crippen MR) is 91.4 cm³/mol. The van der Waals surface area contributed by atoms with E-state index in [1.807, 2.05) is 0 Å². The van der Waals surface area contributed by atoms with Gasteiger partial charge in [-0.15, -0.1) is 5.10 Å². The topological polar surface area (TPSA) is 77.6 Å². The van der Waals surface area contributed by atoms with Crippen LogP contribution in [0.4, 0.5) is 19.1 Å². The standard InChI is InChI=1S/C15H11Cl2F3N6O/c16-10-2-1-9(11(17)5-10)6-26-8-21-14(24-26)22-13(27)7-25-4-3-12(23-25)15(18,19)20/h1-5,8H,6-7H2,(H,22,24,27). The summed E-state index contributed by atoms with van der Waals surface area (Å²) in [7, 11) is 0. The molecular formula is C15H11Cl2F3N6O. The molecular weight excluding hydrogens is 408 g/mol. The summed E-state index contributed by atoms with van der Waals surface area (Å²) in [5, 5.41) is 10.7. The minimum absolute atomic E-state index is 0.00767. The molecule has 0 fully saturated rings. The molecule has 27 heavy (non-hydrogen) atoms. The second-order valence-corrected chi connectivity index (χ2v) is 6.29. The number of alkyl halides is 3. The molecule has 3 rings (SSSR count). The molecule has 7 nitrogen and oxygen atoms in total. The highest BCUT2D eigenvalue weighted by Gasteiger charge is 2.33. The molecule has 1 N–H and O–H groups in total. The third-order valence-corrected chi connectivity index (χ3v) is 3.96. The Balaban J connectivity index is 1.60. The van der Waals surface area contributed by atoms with Crippen molar-refractivity contribution in [3.63, 3.8) is 0 Å². The molecule has 2 aromatic heterocycles. The monoisotopic (exact) mass is 418 g/mol. The highest BCUT2D eigenvalue weighted by atomic mass is 35.5. The molecule has 2 heterocycles. The summed E-state index contributed by atoms with van der Waals surface area (Å²) >= 11 is 11.9. The maximum absolute atomic E-state index is 12.5. The van der Waals surface area contributed by atoms with Crippen LogP contribution < -0.4 is 5.32 Å². The van der Waals surface area contributed by atoms with Gasteiger partial charge in [0, 0.05) is 16.2 Å². The highest BCUT2D eigenvalue weighted by Crippen LogP contribution is 2.27. The van der Waals surface area contributed by atoms with E-state index in [9.17, 15) is 18.0 Å². The van der Waals surface area contributed by atoms with E-state index in [1.165, 1.54) is 11.0 Å². The molecule has 0 aliphatic rings. The number of halogens is 5. The number of amides is 1. The zero-order valence-corrected chi connectivity index (χ0v) is 14.9. The van der Waals surface area contributed by atoms with E-state index in [2.05, 4.69) is 20.5 Å². The highest BCUT2D eigenvalue weighted by molar-refractivity contribution is 6.35. The lowest BCUT2D eigenvalue weighted by Crippen LogP contribution is -2.20. The van der Waals surface area contributed by atoms with E-state index >= 15 is 0 Å². The third kappa shape index (κ3) is 4.98. The first-order valence-electron chi connectivity index (χ1n) is 7.44. The minimum Gasteiger partial charge on any atom is -0.292 e. The fourth-order valence-electron chi connectivity index (χ4n) is 2.16. The van der Waals surface area contributed by atoms with Crippen molar-refractivity contribution in [1.29, 1.82) is 0 Å². The largest absolute Gasteiger partial charge is 0.435 e. The Morgan fingerprint density at radius 2 is 1.93 bits per heavy atom. The Morgan fingerprint density at radius 3 is 2.59 bits per heavy atom. The van der Waals surface area contributed by atoms with Crippen molar-refractivity contribution in [3.8, 4) is 0 Å². The van der Waals surface area contributed by atoms with E-state index in [4.69, 9.17) is 23.2 Å². The molecule has 0 aliphatic heterocycles. The molecule has 142 valence electrons. The van der Waals surface area contributed by atoms with Gasteiger partial charge in [-0.2, -0.15) is 18.3 Å². The summed E-state index contributed by atoms with van der Waals surface area (Å²) in [6, 6.07) is 5.80. The van der Waals surface area contributed by atoms with Gasteiger partial charge in [0.2, 0.25) is 11.9 Å². The molecule has 0 saturated carbocycles. The average molecular weight is 419 g/mol. The Kier molecular flexibility index (Phi) is 5.38. The molecule has 0 aliphatic carbocycles. The van der Waals surface area contributed by atoms with Crippen LogP contribution in [0.2, 0.25) is 10.0 Å². The van der Waals surface area contributed by atoms with Crippen LogP contribution in [0.25, 0.3) is 0 Å². The molecule has 1 amide bonds. The van der Waals surface area contributed by atoms with Crippen LogP contribution in [0.15, 0.2) is 36.8 Å². The van der Waals surface area contributed by atoms with E-state index in [0.29, 0.717) is 16.6 Å². The molecule has 0 spiro atoms. The number of nitrogens with one attached hydrogen (secondary N) is 1. The Bertz CT molecular complexity index is 969. The zero-order valence-electron chi connectivity index (χ0n) is 13.4. The minimum atomic E-state index is -4.56. The van der Waals surface area contributed by atoms with Gasteiger partial charge >= 0.3 is 6.18 Å². The van der Waals surface area contributed by atoms with Crippen molar-refractivity contribution in [1.82, 2.24) is 24.5 Å². The number of anilines is 1. The van der Waals surface area contributed by atoms with E-state index in [0.717, 1.165) is 22.5 Å². The van der Waals surface area contributed by atoms with Crippen LogP contribution in [0.5, 0.6) is 0 Å². The van der Waals surface area contributed by atoms with Crippen LogP contribution in [0.1, 0.15) is 11.3 Å².